The highest BCUT2D eigenvalue weighted by atomic mass is 79.9. The van der Waals surface area contributed by atoms with Gasteiger partial charge in [0.25, 0.3) is 11.8 Å². The van der Waals surface area contributed by atoms with E-state index in [0.29, 0.717) is 15.7 Å². The maximum absolute atomic E-state index is 14.3. The third-order valence-corrected chi connectivity index (χ3v) is 10.4. The van der Waals surface area contributed by atoms with Crippen molar-refractivity contribution in [3.05, 3.63) is 121 Å². The van der Waals surface area contributed by atoms with E-state index >= 15 is 0 Å². The molecule has 218 valence electrons. The number of para-hydroxylation sites is 1. The summed E-state index contributed by atoms with van der Waals surface area (Å²) in [5.74, 6) is -3.72. The van der Waals surface area contributed by atoms with E-state index < -0.39 is 50.7 Å². The molecule has 3 heterocycles. The molecule has 2 fully saturated rings. The number of amides is 2. The highest BCUT2D eigenvalue weighted by Crippen LogP contribution is 2.64. The van der Waals surface area contributed by atoms with Crippen molar-refractivity contribution >= 4 is 56.6 Å². The van der Waals surface area contributed by atoms with Crippen LogP contribution in [0.15, 0.2) is 98.5 Å². The minimum Gasteiger partial charge on any atom is -0.508 e. The summed E-state index contributed by atoms with van der Waals surface area (Å²) < 4.78 is 17.8. The minimum atomic E-state index is -2.17. The molecule has 0 radical (unpaired) electrons. The Morgan fingerprint density at radius 1 is 0.884 bits per heavy atom. The standard InChI is InChI=1S/C30H20BrCl2FN4O5/c31-16-6-11-23(39)21(14-16)24-20-12-13-35-27(42)37(18-4-2-1-3-5-18)28(43)38(35)22(20)15-29(32)25(40)36(26(41)30(24,29)33)19-9-7-17(34)8-10-19/h1-12,14,22,24,39H,13,15H2/t22-,24-,29-,30+/m1/s1. The summed E-state index contributed by atoms with van der Waals surface area (Å²) in [6.45, 7) is -0.0446. The zero-order valence-corrected chi connectivity index (χ0v) is 25.1. The number of nitrogens with zero attached hydrogens (tertiary/aromatic N) is 4. The highest BCUT2D eigenvalue weighted by Gasteiger charge is 2.76. The number of phenolic OH excluding ortho intramolecular Hbond substituents is 1. The normalized spacial score (nSPS) is 26.1. The molecule has 13 heteroatoms. The fourth-order valence-electron chi connectivity index (χ4n) is 6.56. The lowest BCUT2D eigenvalue weighted by molar-refractivity contribution is -0.122. The molecule has 3 aromatic carbocycles. The second-order valence-electron chi connectivity index (χ2n) is 10.7. The van der Waals surface area contributed by atoms with Crippen LogP contribution in [0.5, 0.6) is 5.75 Å². The lowest BCUT2D eigenvalue weighted by Gasteiger charge is -2.49. The molecular formula is C30H20BrCl2FN4O5. The molecule has 4 aromatic rings. The SMILES string of the molecule is O=C1N(c2ccc(F)cc2)C(=O)[C@@]2(Cl)[C@@H](c3cc(Br)ccc3O)C3=CCn4c(=O)n(-c5ccccc5)c(=O)n4[C@@H]3C[C@@]12Cl. The van der Waals surface area contributed by atoms with Crippen molar-refractivity contribution < 1.29 is 19.1 Å². The number of carbonyl (C=O) groups excluding carboxylic acids is 2. The van der Waals surface area contributed by atoms with E-state index in [1.165, 1.54) is 27.6 Å². The van der Waals surface area contributed by atoms with Crippen LogP contribution in [0, 0.1) is 5.82 Å². The molecule has 2 aliphatic heterocycles. The first-order valence-electron chi connectivity index (χ1n) is 13.2. The van der Waals surface area contributed by atoms with Crippen molar-refractivity contribution in [3.8, 4) is 11.4 Å². The zero-order valence-electron chi connectivity index (χ0n) is 22.0. The molecule has 2 amide bonds. The molecule has 1 aromatic heterocycles. The minimum absolute atomic E-state index is 0.0446. The predicted octanol–water partition coefficient (Wildman–Crippen LogP) is 4.61. The van der Waals surface area contributed by atoms with Crippen molar-refractivity contribution in [2.75, 3.05) is 4.90 Å². The van der Waals surface area contributed by atoms with Gasteiger partial charge >= 0.3 is 11.4 Å². The summed E-state index contributed by atoms with van der Waals surface area (Å²) in [5, 5.41) is 11.1. The van der Waals surface area contributed by atoms with Crippen LogP contribution in [0.3, 0.4) is 0 Å². The Labute approximate surface area is 261 Å². The van der Waals surface area contributed by atoms with Gasteiger partial charge in [-0.2, -0.15) is 0 Å². The summed E-state index contributed by atoms with van der Waals surface area (Å²) in [6.07, 6.45) is 1.36. The molecule has 4 atom stereocenters. The van der Waals surface area contributed by atoms with Crippen molar-refractivity contribution in [1.29, 1.82) is 0 Å². The number of hydrogen-bond acceptors (Lipinski definition) is 5. The number of aromatic hydroxyl groups is 1. The third kappa shape index (κ3) is 3.68. The van der Waals surface area contributed by atoms with E-state index in [0.717, 1.165) is 21.6 Å². The van der Waals surface area contributed by atoms with Gasteiger partial charge in [0, 0.05) is 22.4 Å². The monoisotopic (exact) mass is 684 g/mol. The summed E-state index contributed by atoms with van der Waals surface area (Å²) in [7, 11) is 0. The van der Waals surface area contributed by atoms with Crippen LogP contribution < -0.4 is 16.3 Å². The Bertz CT molecular complexity index is 2010. The number of carbonyl (C=O) groups is 2. The van der Waals surface area contributed by atoms with E-state index in [4.69, 9.17) is 23.2 Å². The van der Waals surface area contributed by atoms with Gasteiger partial charge in [0.1, 0.15) is 11.6 Å². The van der Waals surface area contributed by atoms with Gasteiger partial charge < -0.3 is 5.11 Å². The second kappa shape index (κ2) is 9.54. The molecule has 1 aliphatic carbocycles. The molecule has 9 nitrogen and oxygen atoms in total. The van der Waals surface area contributed by atoms with Crippen molar-refractivity contribution in [2.24, 2.45) is 0 Å². The van der Waals surface area contributed by atoms with Gasteiger partial charge in [-0.3, -0.25) is 9.59 Å². The number of allylic oxidation sites excluding steroid dienone is 2. The van der Waals surface area contributed by atoms with Gasteiger partial charge in [-0.15, -0.1) is 23.2 Å². The van der Waals surface area contributed by atoms with E-state index in [-0.39, 0.29) is 30.0 Å². The van der Waals surface area contributed by atoms with E-state index in [2.05, 4.69) is 15.9 Å². The van der Waals surface area contributed by atoms with Crippen molar-refractivity contribution in [3.63, 3.8) is 0 Å². The van der Waals surface area contributed by atoms with Crippen LogP contribution in [-0.2, 0) is 16.1 Å². The smallest absolute Gasteiger partial charge is 0.352 e. The number of aromatic nitrogens is 3. The number of halogens is 4. The molecule has 3 aliphatic rings. The molecule has 0 unspecified atom stereocenters. The topological polar surface area (TPSA) is 107 Å². The summed E-state index contributed by atoms with van der Waals surface area (Å²) >= 11 is 18.0. The lowest BCUT2D eigenvalue weighted by atomic mass is 9.64. The molecule has 1 N–H and O–H groups in total. The van der Waals surface area contributed by atoms with Gasteiger partial charge in [0.15, 0.2) is 9.75 Å². The number of alkyl halides is 2. The van der Waals surface area contributed by atoms with Gasteiger partial charge in [-0.25, -0.2) is 32.8 Å². The summed E-state index contributed by atoms with van der Waals surface area (Å²) in [6, 6.07) is 16.7. The largest absolute Gasteiger partial charge is 0.508 e. The molecule has 0 spiro atoms. The number of benzene rings is 3. The Morgan fingerprint density at radius 2 is 1.58 bits per heavy atom. The van der Waals surface area contributed by atoms with Crippen molar-refractivity contribution in [1.82, 2.24) is 13.9 Å². The quantitative estimate of drug-likeness (QED) is 0.193. The number of anilines is 1. The Kier molecular flexibility index (Phi) is 6.18. The molecule has 0 bridgehead atoms. The predicted molar refractivity (Wildman–Crippen MR) is 161 cm³/mol. The fourth-order valence-corrected chi connectivity index (χ4v) is 7.85. The maximum atomic E-state index is 14.3. The van der Waals surface area contributed by atoms with Crippen LogP contribution in [0.1, 0.15) is 23.9 Å². The van der Waals surface area contributed by atoms with Crippen LogP contribution in [0.4, 0.5) is 10.1 Å². The van der Waals surface area contributed by atoms with Gasteiger partial charge in [0.2, 0.25) is 0 Å². The summed E-state index contributed by atoms with van der Waals surface area (Å²) in [4.78, 5) is 52.5. The van der Waals surface area contributed by atoms with E-state index in [1.54, 1.807) is 48.5 Å². The molecular weight excluding hydrogens is 666 g/mol. The molecule has 7 rings (SSSR count). The summed E-state index contributed by atoms with van der Waals surface area (Å²) in [5.41, 5.74) is -0.218. The number of rotatable bonds is 3. The first kappa shape index (κ1) is 27.9. The van der Waals surface area contributed by atoms with Crippen LogP contribution in [-0.4, -0.2) is 40.6 Å². The van der Waals surface area contributed by atoms with Crippen LogP contribution in [0.25, 0.3) is 5.69 Å². The molecule has 43 heavy (non-hydrogen) atoms. The van der Waals surface area contributed by atoms with Crippen LogP contribution in [0.2, 0.25) is 0 Å². The van der Waals surface area contributed by atoms with Gasteiger partial charge in [-0.05, 0) is 60.2 Å². The van der Waals surface area contributed by atoms with Crippen molar-refractivity contribution in [2.45, 2.75) is 34.7 Å². The number of hydrogen-bond donors (Lipinski definition) is 1. The average Bonchev–Trinajstić information content (AvgIpc) is 3.33. The van der Waals surface area contributed by atoms with E-state index in [9.17, 15) is 28.7 Å². The average molecular weight is 686 g/mol. The van der Waals surface area contributed by atoms with Gasteiger partial charge in [0.05, 0.1) is 24.0 Å². The highest BCUT2D eigenvalue weighted by molar-refractivity contribution is 9.10. The molecule has 1 saturated heterocycles. The zero-order chi connectivity index (χ0) is 30.4. The first-order chi connectivity index (χ1) is 20.5. The number of imide groups is 1. The Morgan fingerprint density at radius 3 is 2.28 bits per heavy atom. The number of phenols is 1. The lowest BCUT2D eigenvalue weighted by Crippen LogP contribution is -2.59. The van der Waals surface area contributed by atoms with Crippen LogP contribution >= 0.6 is 39.1 Å². The van der Waals surface area contributed by atoms with E-state index in [1.807, 2.05) is 0 Å². The second-order valence-corrected chi connectivity index (χ2v) is 12.8. The fraction of sp³-hybridized carbons (Fsp3) is 0.200. The maximum Gasteiger partial charge on any atom is 0.352 e. The number of fused-ring (bicyclic) bond motifs is 4. The third-order valence-electron chi connectivity index (χ3n) is 8.48. The van der Waals surface area contributed by atoms with Gasteiger partial charge in [-0.1, -0.05) is 40.2 Å². The Hall–Kier alpha value is -3.93. The Balaban J connectivity index is 1.49. The molecule has 1 saturated carbocycles. The first-order valence-corrected chi connectivity index (χ1v) is 14.7.